The van der Waals surface area contributed by atoms with Gasteiger partial charge in [0.15, 0.2) is 0 Å². The summed E-state index contributed by atoms with van der Waals surface area (Å²) in [6, 6.07) is 0. The number of thiophene rings is 1. The number of halogens is 1. The van der Waals surface area contributed by atoms with Crippen LogP contribution in [0.25, 0.3) is 0 Å². The zero-order valence-corrected chi connectivity index (χ0v) is 14.8. The summed E-state index contributed by atoms with van der Waals surface area (Å²) < 4.78 is 0. The molecule has 0 unspecified atom stereocenters. The molecular formula is C15H23ClN2O3S. The monoisotopic (exact) mass is 346 g/mol. The highest BCUT2D eigenvalue weighted by Gasteiger charge is 2.25. The molecular weight excluding hydrogens is 324 g/mol. The average molecular weight is 347 g/mol. The minimum Gasteiger partial charge on any atom is -0.481 e. The number of nitrogens with zero attached hydrogens (tertiary/aromatic N) is 1. The second-order valence-corrected chi connectivity index (χ2v) is 6.90. The molecule has 0 saturated carbocycles. The highest BCUT2D eigenvalue weighted by molar-refractivity contribution is 7.16. The highest BCUT2D eigenvalue weighted by atomic mass is 35.5. The summed E-state index contributed by atoms with van der Waals surface area (Å²) in [6.45, 7) is 7.82. The largest absolute Gasteiger partial charge is 0.481 e. The number of hydrogen-bond acceptors (Lipinski definition) is 4. The predicted octanol–water partition coefficient (Wildman–Crippen LogP) is 2.83. The van der Waals surface area contributed by atoms with Crippen LogP contribution < -0.4 is 5.32 Å². The summed E-state index contributed by atoms with van der Waals surface area (Å²) in [6.07, 6.45) is 1.25. The molecule has 0 atom stereocenters. The molecule has 5 nitrogen and oxygen atoms in total. The Labute approximate surface area is 141 Å². The molecule has 1 aliphatic rings. The molecule has 0 radical (unpaired) electrons. The molecule has 0 bridgehead atoms. The standard InChI is InChI=1S/C15H22N2O3S.ClH/c1-9-10(2)14(21-11(9)3)16-13(18)8-17-6-4-12(5-7-17)15(19)20;/h12H,4-8H2,1-3H3,(H,16,18)(H,19,20);1H. The van der Waals surface area contributed by atoms with Gasteiger partial charge in [0.05, 0.1) is 17.5 Å². The van der Waals surface area contributed by atoms with Crippen LogP contribution >= 0.6 is 23.7 Å². The van der Waals surface area contributed by atoms with Crippen LogP contribution in [0.15, 0.2) is 0 Å². The van der Waals surface area contributed by atoms with Crippen LogP contribution in [0.2, 0.25) is 0 Å². The van der Waals surface area contributed by atoms with Gasteiger partial charge in [0, 0.05) is 4.88 Å². The summed E-state index contributed by atoms with van der Waals surface area (Å²) in [4.78, 5) is 26.3. The smallest absolute Gasteiger partial charge is 0.306 e. The molecule has 1 aliphatic heterocycles. The van der Waals surface area contributed by atoms with Crippen LogP contribution in [-0.2, 0) is 9.59 Å². The van der Waals surface area contributed by atoms with E-state index in [1.54, 1.807) is 11.3 Å². The van der Waals surface area contributed by atoms with E-state index in [0.717, 1.165) is 10.6 Å². The lowest BCUT2D eigenvalue weighted by Gasteiger charge is -2.29. The number of anilines is 1. The molecule has 124 valence electrons. The number of amides is 1. The second kappa shape index (κ2) is 7.94. The van der Waals surface area contributed by atoms with Crippen molar-refractivity contribution in [3.63, 3.8) is 0 Å². The Hall–Kier alpha value is -1.11. The number of aliphatic carboxylic acids is 1. The molecule has 1 fully saturated rings. The van der Waals surface area contributed by atoms with E-state index in [4.69, 9.17) is 5.11 Å². The Bertz CT molecular complexity index is 551. The van der Waals surface area contributed by atoms with Crippen LogP contribution in [0.1, 0.15) is 28.8 Å². The van der Waals surface area contributed by atoms with E-state index in [2.05, 4.69) is 19.2 Å². The molecule has 22 heavy (non-hydrogen) atoms. The van der Waals surface area contributed by atoms with Crippen molar-refractivity contribution >= 4 is 40.6 Å². The van der Waals surface area contributed by atoms with Gasteiger partial charge in [0.25, 0.3) is 0 Å². The van der Waals surface area contributed by atoms with Crippen molar-refractivity contribution < 1.29 is 14.7 Å². The van der Waals surface area contributed by atoms with Crippen LogP contribution in [-0.4, -0.2) is 41.5 Å². The number of aryl methyl sites for hydroxylation is 1. The molecule has 1 aromatic rings. The predicted molar refractivity (Wildman–Crippen MR) is 91.2 cm³/mol. The van der Waals surface area contributed by atoms with Crippen molar-refractivity contribution in [2.45, 2.75) is 33.6 Å². The first kappa shape index (κ1) is 18.9. The number of likely N-dealkylation sites (tertiary alicyclic amines) is 1. The molecule has 2 heterocycles. The van der Waals surface area contributed by atoms with Gasteiger partial charge in [-0.25, -0.2) is 0 Å². The number of carbonyl (C=O) groups is 2. The molecule has 1 saturated heterocycles. The Morgan fingerprint density at radius 2 is 1.82 bits per heavy atom. The number of carboxylic acid groups (broad SMARTS) is 1. The van der Waals surface area contributed by atoms with Gasteiger partial charge in [0.2, 0.25) is 5.91 Å². The quantitative estimate of drug-likeness (QED) is 0.879. The van der Waals surface area contributed by atoms with Gasteiger partial charge >= 0.3 is 5.97 Å². The van der Waals surface area contributed by atoms with Crippen molar-refractivity contribution in [1.82, 2.24) is 4.90 Å². The van der Waals surface area contributed by atoms with E-state index in [9.17, 15) is 9.59 Å². The number of nitrogens with one attached hydrogen (secondary N) is 1. The molecule has 1 aromatic heterocycles. The summed E-state index contributed by atoms with van der Waals surface area (Å²) in [5, 5.41) is 12.9. The first-order valence-electron chi connectivity index (χ1n) is 7.20. The highest BCUT2D eigenvalue weighted by Crippen LogP contribution is 2.31. The van der Waals surface area contributed by atoms with Crippen LogP contribution in [0.3, 0.4) is 0 Å². The maximum atomic E-state index is 12.1. The normalized spacial score (nSPS) is 16.1. The second-order valence-electron chi connectivity index (χ2n) is 5.67. The van der Waals surface area contributed by atoms with Crippen LogP contribution in [0.5, 0.6) is 0 Å². The van der Waals surface area contributed by atoms with E-state index in [1.165, 1.54) is 10.4 Å². The van der Waals surface area contributed by atoms with E-state index in [1.807, 2.05) is 11.8 Å². The van der Waals surface area contributed by atoms with Gasteiger partial charge in [0.1, 0.15) is 0 Å². The van der Waals surface area contributed by atoms with Crippen molar-refractivity contribution in [3.05, 3.63) is 16.0 Å². The zero-order chi connectivity index (χ0) is 15.6. The summed E-state index contributed by atoms with van der Waals surface area (Å²) in [7, 11) is 0. The maximum Gasteiger partial charge on any atom is 0.306 e. The number of rotatable bonds is 4. The summed E-state index contributed by atoms with van der Waals surface area (Å²) in [5.74, 6) is -0.999. The number of piperidine rings is 1. The molecule has 1 amide bonds. The third kappa shape index (κ3) is 4.44. The van der Waals surface area contributed by atoms with E-state index >= 15 is 0 Å². The Balaban J connectivity index is 0.00000242. The van der Waals surface area contributed by atoms with Crippen molar-refractivity contribution in [1.29, 1.82) is 0 Å². The van der Waals surface area contributed by atoms with Crippen molar-refractivity contribution in [3.8, 4) is 0 Å². The lowest BCUT2D eigenvalue weighted by atomic mass is 9.97. The fourth-order valence-electron chi connectivity index (χ4n) is 2.57. The van der Waals surface area contributed by atoms with Crippen LogP contribution in [0, 0.1) is 26.7 Å². The van der Waals surface area contributed by atoms with Gasteiger partial charge in [-0.1, -0.05) is 0 Å². The third-order valence-electron chi connectivity index (χ3n) is 4.24. The number of carboxylic acids is 1. The molecule has 0 spiro atoms. The van der Waals surface area contributed by atoms with Crippen LogP contribution in [0.4, 0.5) is 5.00 Å². The SMILES string of the molecule is Cc1sc(NC(=O)CN2CCC(C(=O)O)CC2)c(C)c1C.Cl. The van der Waals surface area contributed by atoms with E-state index in [0.29, 0.717) is 32.5 Å². The Kier molecular flexibility index (Phi) is 6.84. The van der Waals surface area contributed by atoms with Gasteiger partial charge < -0.3 is 10.4 Å². The third-order valence-corrected chi connectivity index (χ3v) is 5.47. The fraction of sp³-hybridized carbons (Fsp3) is 0.600. The van der Waals surface area contributed by atoms with Crippen molar-refractivity contribution in [2.75, 3.05) is 25.0 Å². The summed E-state index contributed by atoms with van der Waals surface area (Å²) in [5.41, 5.74) is 2.37. The minimum absolute atomic E-state index is 0. The maximum absolute atomic E-state index is 12.1. The van der Waals surface area contributed by atoms with Crippen molar-refractivity contribution in [2.24, 2.45) is 5.92 Å². The first-order chi connectivity index (χ1) is 9.88. The summed E-state index contributed by atoms with van der Waals surface area (Å²) >= 11 is 1.61. The fourth-order valence-corrected chi connectivity index (χ4v) is 3.65. The lowest BCUT2D eigenvalue weighted by molar-refractivity contribution is -0.143. The van der Waals surface area contributed by atoms with Gasteiger partial charge in [-0.15, -0.1) is 23.7 Å². The average Bonchev–Trinajstić information content (AvgIpc) is 2.67. The van der Waals surface area contributed by atoms with Gasteiger partial charge in [-0.2, -0.15) is 0 Å². The van der Waals surface area contributed by atoms with E-state index < -0.39 is 5.97 Å². The first-order valence-corrected chi connectivity index (χ1v) is 8.01. The number of carbonyl (C=O) groups excluding carboxylic acids is 1. The molecule has 2 N–H and O–H groups in total. The zero-order valence-electron chi connectivity index (χ0n) is 13.1. The molecule has 0 aromatic carbocycles. The van der Waals surface area contributed by atoms with Gasteiger partial charge in [-0.3, -0.25) is 14.5 Å². The molecule has 7 heteroatoms. The Morgan fingerprint density at radius 3 is 2.27 bits per heavy atom. The Morgan fingerprint density at radius 1 is 1.23 bits per heavy atom. The topological polar surface area (TPSA) is 69.6 Å². The molecule has 0 aliphatic carbocycles. The molecule has 2 rings (SSSR count). The minimum atomic E-state index is -0.723. The lowest BCUT2D eigenvalue weighted by Crippen LogP contribution is -2.40. The van der Waals surface area contributed by atoms with Gasteiger partial charge in [-0.05, 0) is 57.8 Å². The number of hydrogen-bond donors (Lipinski definition) is 2. The van der Waals surface area contributed by atoms with E-state index in [-0.39, 0.29) is 24.2 Å².